The van der Waals surface area contributed by atoms with Crippen LogP contribution in [0.1, 0.15) is 59.9 Å². The molecule has 2 amide bonds. The molecule has 3 rings (SSSR count). The third kappa shape index (κ3) is 5.75. The Bertz CT molecular complexity index is 944. The lowest BCUT2D eigenvalue weighted by molar-refractivity contribution is -0.117. The van der Waals surface area contributed by atoms with Crippen molar-refractivity contribution in [1.82, 2.24) is 15.3 Å². The molecule has 1 saturated carbocycles. The fraction of sp³-hybridized carbons (Fsp3) is 0.455. The fourth-order valence-electron chi connectivity index (χ4n) is 2.97. The Morgan fingerprint density at radius 3 is 2.60 bits per heavy atom. The first-order valence-corrected chi connectivity index (χ1v) is 10.1. The van der Waals surface area contributed by atoms with E-state index in [1.807, 2.05) is 19.9 Å². The zero-order chi connectivity index (χ0) is 21.8. The standard InChI is InChI=1S/C22H27FN4O3/c1-12-7-18(10-24-22(12)30-11-13(2)23)15(4)26-21(29)17-8-14(3)25-19(9-17)27-20(28)16-5-6-16/h7-10,13,15-16H,5-6,11H2,1-4H3,(H,26,29)(H,25,27,28). The van der Waals surface area contributed by atoms with E-state index >= 15 is 0 Å². The minimum atomic E-state index is -1.08. The third-order valence-corrected chi connectivity index (χ3v) is 4.76. The number of aromatic nitrogens is 2. The zero-order valence-electron chi connectivity index (χ0n) is 17.7. The number of halogens is 1. The van der Waals surface area contributed by atoms with Gasteiger partial charge in [-0.15, -0.1) is 0 Å². The maximum Gasteiger partial charge on any atom is 0.251 e. The molecule has 0 saturated heterocycles. The molecule has 8 heteroatoms. The Morgan fingerprint density at radius 1 is 1.23 bits per heavy atom. The lowest BCUT2D eigenvalue weighted by Crippen LogP contribution is -2.27. The molecule has 2 unspecified atom stereocenters. The average molecular weight is 414 g/mol. The van der Waals surface area contributed by atoms with Crippen molar-refractivity contribution in [2.45, 2.75) is 52.8 Å². The van der Waals surface area contributed by atoms with Crippen LogP contribution in [-0.2, 0) is 4.79 Å². The number of amides is 2. The summed E-state index contributed by atoms with van der Waals surface area (Å²) >= 11 is 0. The number of ether oxygens (including phenoxy) is 1. The Kier molecular flexibility index (Phi) is 6.64. The second-order valence-corrected chi connectivity index (χ2v) is 7.82. The van der Waals surface area contributed by atoms with Gasteiger partial charge in [-0.3, -0.25) is 9.59 Å². The lowest BCUT2D eigenvalue weighted by atomic mass is 10.1. The van der Waals surface area contributed by atoms with Gasteiger partial charge >= 0.3 is 0 Å². The van der Waals surface area contributed by atoms with Gasteiger partial charge in [0.15, 0.2) is 0 Å². The molecule has 2 N–H and O–H groups in total. The largest absolute Gasteiger partial charge is 0.474 e. The average Bonchev–Trinajstić information content (AvgIpc) is 3.51. The van der Waals surface area contributed by atoms with E-state index in [-0.39, 0.29) is 30.4 Å². The van der Waals surface area contributed by atoms with Crippen molar-refractivity contribution in [1.29, 1.82) is 0 Å². The van der Waals surface area contributed by atoms with Crippen molar-refractivity contribution < 1.29 is 18.7 Å². The highest BCUT2D eigenvalue weighted by Gasteiger charge is 2.30. The first-order chi connectivity index (χ1) is 14.2. The maximum absolute atomic E-state index is 13.0. The predicted octanol–water partition coefficient (Wildman–Crippen LogP) is 3.67. The van der Waals surface area contributed by atoms with Crippen LogP contribution >= 0.6 is 0 Å². The van der Waals surface area contributed by atoms with Crippen molar-refractivity contribution >= 4 is 17.6 Å². The Balaban J connectivity index is 1.67. The molecule has 30 heavy (non-hydrogen) atoms. The summed E-state index contributed by atoms with van der Waals surface area (Å²) in [5, 5.41) is 5.71. The molecule has 1 aliphatic rings. The van der Waals surface area contributed by atoms with Gasteiger partial charge in [-0.1, -0.05) is 0 Å². The van der Waals surface area contributed by atoms with Gasteiger partial charge in [0.25, 0.3) is 5.91 Å². The van der Waals surface area contributed by atoms with E-state index in [2.05, 4.69) is 20.6 Å². The molecule has 160 valence electrons. The van der Waals surface area contributed by atoms with Crippen LogP contribution in [-0.4, -0.2) is 34.6 Å². The summed E-state index contributed by atoms with van der Waals surface area (Å²) in [5.41, 5.74) is 2.62. The smallest absolute Gasteiger partial charge is 0.251 e. The van der Waals surface area contributed by atoms with E-state index in [0.717, 1.165) is 24.0 Å². The number of pyridine rings is 2. The van der Waals surface area contributed by atoms with Gasteiger partial charge in [0.1, 0.15) is 18.6 Å². The molecule has 1 aliphatic carbocycles. The second kappa shape index (κ2) is 9.19. The Labute approximate surface area is 175 Å². The van der Waals surface area contributed by atoms with Crippen LogP contribution in [0, 0.1) is 19.8 Å². The SMILES string of the molecule is Cc1cc(C(=O)NC(C)c2cnc(OCC(C)F)c(C)c2)cc(NC(=O)C2CC2)n1. The first kappa shape index (κ1) is 21.7. The number of nitrogens with zero attached hydrogens (tertiary/aromatic N) is 2. The van der Waals surface area contributed by atoms with Gasteiger partial charge in [-0.25, -0.2) is 14.4 Å². The summed E-state index contributed by atoms with van der Waals surface area (Å²) in [7, 11) is 0. The topological polar surface area (TPSA) is 93.2 Å². The summed E-state index contributed by atoms with van der Waals surface area (Å²) in [6.07, 6.45) is 2.32. The van der Waals surface area contributed by atoms with Crippen LogP contribution in [0.2, 0.25) is 0 Å². The van der Waals surface area contributed by atoms with Crippen LogP contribution in [0.25, 0.3) is 0 Å². The lowest BCUT2D eigenvalue weighted by Gasteiger charge is -2.17. The Hall–Kier alpha value is -3.03. The monoisotopic (exact) mass is 414 g/mol. The number of alkyl halides is 1. The van der Waals surface area contributed by atoms with Gasteiger partial charge in [0.2, 0.25) is 11.8 Å². The quantitative estimate of drug-likeness (QED) is 0.687. The third-order valence-electron chi connectivity index (χ3n) is 4.76. The minimum absolute atomic E-state index is 0.0551. The molecular formula is C22H27FN4O3. The van der Waals surface area contributed by atoms with Gasteiger partial charge in [-0.05, 0) is 64.3 Å². The van der Waals surface area contributed by atoms with Crippen molar-refractivity contribution in [2.75, 3.05) is 11.9 Å². The van der Waals surface area contributed by atoms with E-state index in [4.69, 9.17) is 4.74 Å². The summed E-state index contributed by atoms with van der Waals surface area (Å²) in [6.45, 7) is 6.81. The molecule has 1 fully saturated rings. The molecule has 7 nitrogen and oxygen atoms in total. The van der Waals surface area contributed by atoms with Gasteiger partial charge in [0.05, 0.1) is 6.04 Å². The molecule has 0 aliphatic heterocycles. The van der Waals surface area contributed by atoms with E-state index < -0.39 is 6.17 Å². The molecule has 2 aromatic heterocycles. The fourth-order valence-corrected chi connectivity index (χ4v) is 2.97. The van der Waals surface area contributed by atoms with Gasteiger partial charge < -0.3 is 15.4 Å². The molecular weight excluding hydrogens is 387 g/mol. The van der Waals surface area contributed by atoms with Crippen LogP contribution < -0.4 is 15.4 Å². The highest BCUT2D eigenvalue weighted by atomic mass is 19.1. The van der Waals surface area contributed by atoms with Crippen molar-refractivity contribution in [3.8, 4) is 5.88 Å². The summed E-state index contributed by atoms with van der Waals surface area (Å²) in [5.74, 6) is 0.479. The molecule has 0 spiro atoms. The molecule has 0 aromatic carbocycles. The van der Waals surface area contributed by atoms with Crippen molar-refractivity contribution in [3.05, 3.63) is 46.8 Å². The molecule has 2 atom stereocenters. The van der Waals surface area contributed by atoms with Gasteiger partial charge in [-0.2, -0.15) is 0 Å². The highest BCUT2D eigenvalue weighted by molar-refractivity contribution is 5.97. The number of carbonyl (C=O) groups excluding carboxylic acids is 2. The number of hydrogen-bond acceptors (Lipinski definition) is 5. The van der Waals surface area contributed by atoms with Crippen molar-refractivity contribution in [3.63, 3.8) is 0 Å². The number of rotatable bonds is 8. The summed E-state index contributed by atoms with van der Waals surface area (Å²) < 4.78 is 18.3. The second-order valence-electron chi connectivity index (χ2n) is 7.82. The zero-order valence-corrected chi connectivity index (χ0v) is 17.7. The maximum atomic E-state index is 13.0. The van der Waals surface area contributed by atoms with E-state index in [9.17, 15) is 14.0 Å². The highest BCUT2D eigenvalue weighted by Crippen LogP contribution is 2.30. The van der Waals surface area contributed by atoms with E-state index in [0.29, 0.717) is 23.0 Å². The summed E-state index contributed by atoms with van der Waals surface area (Å²) in [4.78, 5) is 33.3. The predicted molar refractivity (Wildman–Crippen MR) is 111 cm³/mol. The first-order valence-electron chi connectivity index (χ1n) is 10.1. The normalized spacial score (nSPS) is 15.2. The number of hydrogen-bond donors (Lipinski definition) is 2. The molecule has 0 bridgehead atoms. The molecule has 2 heterocycles. The van der Waals surface area contributed by atoms with Crippen LogP contribution in [0.4, 0.5) is 10.2 Å². The minimum Gasteiger partial charge on any atom is -0.474 e. The van der Waals surface area contributed by atoms with Gasteiger partial charge in [0, 0.05) is 28.9 Å². The number of anilines is 1. The van der Waals surface area contributed by atoms with Crippen LogP contribution in [0.15, 0.2) is 24.4 Å². The number of aryl methyl sites for hydroxylation is 2. The van der Waals surface area contributed by atoms with Crippen molar-refractivity contribution in [2.24, 2.45) is 5.92 Å². The Morgan fingerprint density at radius 2 is 1.97 bits per heavy atom. The van der Waals surface area contributed by atoms with Crippen LogP contribution in [0.5, 0.6) is 5.88 Å². The van der Waals surface area contributed by atoms with E-state index in [1.165, 1.54) is 6.92 Å². The molecule has 2 aromatic rings. The number of nitrogens with one attached hydrogen (secondary N) is 2. The van der Waals surface area contributed by atoms with E-state index in [1.54, 1.807) is 25.3 Å². The van der Waals surface area contributed by atoms with Crippen LogP contribution in [0.3, 0.4) is 0 Å². The molecule has 0 radical (unpaired) electrons. The number of carbonyl (C=O) groups is 2. The summed E-state index contributed by atoms with van der Waals surface area (Å²) in [6, 6.07) is 4.80.